The lowest BCUT2D eigenvalue weighted by Gasteiger charge is -2.17. The van der Waals surface area contributed by atoms with Gasteiger partial charge in [0.2, 0.25) is 11.8 Å². The first kappa shape index (κ1) is 31.3. The van der Waals surface area contributed by atoms with E-state index in [1.165, 1.54) is 22.9 Å². The van der Waals surface area contributed by atoms with Crippen molar-refractivity contribution in [1.82, 2.24) is 30.3 Å². The summed E-state index contributed by atoms with van der Waals surface area (Å²) < 4.78 is 5.85. The van der Waals surface area contributed by atoms with E-state index in [0.717, 1.165) is 5.56 Å². The first-order valence-electron chi connectivity index (χ1n) is 13.4. The number of nitrogens with two attached hydrogens (primary N) is 1. The Labute approximate surface area is 242 Å². The van der Waals surface area contributed by atoms with Crippen molar-refractivity contribution in [2.24, 2.45) is 5.73 Å². The van der Waals surface area contributed by atoms with Gasteiger partial charge in [0.1, 0.15) is 6.54 Å². The highest BCUT2D eigenvalue weighted by molar-refractivity contribution is 5.88. The Morgan fingerprint density at radius 3 is 2.40 bits per heavy atom. The molecule has 2 amide bonds. The van der Waals surface area contributed by atoms with Gasteiger partial charge in [-0.25, -0.2) is 9.78 Å². The van der Waals surface area contributed by atoms with Gasteiger partial charge in [0, 0.05) is 36.0 Å². The van der Waals surface area contributed by atoms with E-state index < -0.39 is 17.2 Å². The second-order valence-corrected chi connectivity index (χ2v) is 9.98. The number of benzene rings is 1. The van der Waals surface area contributed by atoms with Crippen LogP contribution in [0.25, 0.3) is 17.0 Å². The van der Waals surface area contributed by atoms with Crippen LogP contribution in [0.15, 0.2) is 74.6 Å². The maximum absolute atomic E-state index is 13.4. The first-order valence-corrected chi connectivity index (χ1v) is 13.4. The molecule has 2 heterocycles. The summed E-state index contributed by atoms with van der Waals surface area (Å²) in [7, 11) is 0. The van der Waals surface area contributed by atoms with Crippen molar-refractivity contribution in [2.45, 2.75) is 59.8 Å². The molecule has 1 aromatic carbocycles. The Bertz CT molecular complexity index is 1610. The molecule has 0 fully saturated rings. The molecule has 3 rings (SSSR count). The number of amides is 2. The van der Waals surface area contributed by atoms with Crippen LogP contribution in [0.3, 0.4) is 0 Å². The maximum atomic E-state index is 13.4. The zero-order valence-corrected chi connectivity index (χ0v) is 24.2. The van der Waals surface area contributed by atoms with E-state index in [-0.39, 0.29) is 42.6 Å². The van der Waals surface area contributed by atoms with Crippen molar-refractivity contribution in [3.63, 3.8) is 0 Å². The molecule has 0 unspecified atom stereocenters. The predicted octanol–water partition coefficient (Wildman–Crippen LogP) is 2.05. The minimum atomic E-state index is -0.649. The molecule has 0 bridgehead atoms. The number of nitrogens with zero attached hydrogens (tertiary/aromatic N) is 3. The van der Waals surface area contributed by atoms with Gasteiger partial charge in [0.15, 0.2) is 11.6 Å². The minimum absolute atomic E-state index is 0.0198. The molecule has 0 saturated carbocycles. The van der Waals surface area contributed by atoms with E-state index in [9.17, 15) is 19.2 Å². The van der Waals surface area contributed by atoms with E-state index in [2.05, 4.69) is 35.6 Å². The van der Waals surface area contributed by atoms with Gasteiger partial charge < -0.3 is 21.7 Å². The third-order valence-electron chi connectivity index (χ3n) is 5.73. The number of anilines is 1. The largest absolute Gasteiger partial charge is 0.439 e. The Balaban J connectivity index is 1.82. The lowest BCUT2D eigenvalue weighted by Crippen LogP contribution is -2.35. The number of allylic oxidation sites excluding steroid dienone is 4. The van der Waals surface area contributed by atoms with E-state index in [1.54, 1.807) is 43.3 Å². The molecule has 0 atom stereocenters. The summed E-state index contributed by atoms with van der Waals surface area (Å²) in [5.41, 5.74) is 8.29. The molecule has 0 saturated heterocycles. The van der Waals surface area contributed by atoms with Crippen LogP contribution >= 0.6 is 0 Å². The zero-order valence-electron chi connectivity index (χ0n) is 24.2. The fourth-order valence-electron chi connectivity index (χ4n) is 3.82. The van der Waals surface area contributed by atoms with Crippen molar-refractivity contribution >= 4 is 23.2 Å². The van der Waals surface area contributed by atoms with Crippen LogP contribution in [-0.4, -0.2) is 43.6 Å². The van der Waals surface area contributed by atoms with E-state index in [0.29, 0.717) is 22.7 Å². The van der Waals surface area contributed by atoms with Crippen molar-refractivity contribution in [3.8, 4) is 11.4 Å². The van der Waals surface area contributed by atoms with Crippen LogP contribution in [0.2, 0.25) is 0 Å². The summed E-state index contributed by atoms with van der Waals surface area (Å²) in [6.45, 7) is 9.14. The molecule has 13 nitrogen and oxygen atoms in total. The van der Waals surface area contributed by atoms with Gasteiger partial charge in [-0.15, -0.1) is 0 Å². The number of hydrogen-bond acceptors (Lipinski definition) is 9. The highest BCUT2D eigenvalue weighted by atomic mass is 16.5. The highest BCUT2D eigenvalue weighted by Gasteiger charge is 2.16. The minimum Gasteiger partial charge on any atom is -0.399 e. The smallest absolute Gasteiger partial charge is 0.399 e. The molecular formula is C29H36N8O5. The van der Waals surface area contributed by atoms with Gasteiger partial charge in [0.05, 0.1) is 11.9 Å². The van der Waals surface area contributed by atoms with Crippen LogP contribution < -0.4 is 33.0 Å². The lowest BCUT2D eigenvalue weighted by atomic mass is 10.1. The predicted molar refractivity (Wildman–Crippen MR) is 160 cm³/mol. The van der Waals surface area contributed by atoms with Gasteiger partial charge >= 0.3 is 5.76 Å². The van der Waals surface area contributed by atoms with Crippen molar-refractivity contribution in [1.29, 1.82) is 0 Å². The quantitative estimate of drug-likeness (QED) is 0.159. The van der Waals surface area contributed by atoms with Crippen LogP contribution in [-0.2, 0) is 22.7 Å². The average molecular weight is 577 g/mol. The van der Waals surface area contributed by atoms with Crippen molar-refractivity contribution < 1.29 is 14.1 Å². The van der Waals surface area contributed by atoms with Gasteiger partial charge in [-0.05, 0) is 57.9 Å². The molecule has 13 heteroatoms. The van der Waals surface area contributed by atoms with Crippen LogP contribution in [0, 0.1) is 0 Å². The van der Waals surface area contributed by atoms with Crippen LogP contribution in [0.4, 0.5) is 5.82 Å². The Hall–Kier alpha value is -5.20. The average Bonchev–Trinajstić information content (AvgIpc) is 3.37. The summed E-state index contributed by atoms with van der Waals surface area (Å²) in [6, 6.07) is 6.94. The van der Waals surface area contributed by atoms with Gasteiger partial charge in [-0.2, -0.15) is 0 Å². The van der Waals surface area contributed by atoms with Crippen molar-refractivity contribution in [2.75, 3.05) is 5.32 Å². The van der Waals surface area contributed by atoms with Crippen LogP contribution in [0.5, 0.6) is 0 Å². The normalized spacial score (nSPS) is 12.3. The van der Waals surface area contributed by atoms with Crippen LogP contribution in [0.1, 0.15) is 45.9 Å². The number of aromatic nitrogens is 4. The number of aromatic amines is 1. The first-order chi connectivity index (χ1) is 20.0. The third kappa shape index (κ3) is 8.91. The number of carbonyl (C=O) groups excluding carboxylic acids is 2. The number of nitrogens with one attached hydrogen (secondary N) is 4. The van der Waals surface area contributed by atoms with E-state index in [4.69, 9.17) is 5.73 Å². The summed E-state index contributed by atoms with van der Waals surface area (Å²) in [6.07, 6.45) is 7.62. The molecule has 6 N–H and O–H groups in total. The summed E-state index contributed by atoms with van der Waals surface area (Å²) in [5, 5.41) is 12.2. The molecule has 222 valence electrons. The fourth-order valence-corrected chi connectivity index (χ4v) is 3.82. The molecule has 0 aliphatic heterocycles. The number of carbonyl (C=O) groups is 2. The standard InChI is InChI=1S/C29H36N8O5/c1-6-20(13-22(30)11-12-24(38)33-17(2)3)23-15-32-27(34-18(4)5)28(40)37(23)16-25(39)31-14-19-7-9-21(10-8-19)26-35-29(41)42-36-26/h6-13,15,17-18H,14,16,30H2,1-5H3,(H,31,39)(H,32,34)(H,33,38)(H,35,36,41)/b12-11+,20-6+,22-13+. The summed E-state index contributed by atoms with van der Waals surface area (Å²) in [5.74, 6) is -0.924. The SMILES string of the molecule is C\C=C(/C=C(N)\C=C\C(=O)NC(C)C)c1cnc(NC(C)C)c(=O)n1CC(=O)NCc1ccc(-c2noc(=O)[nH]2)cc1. The number of hydrogen-bond donors (Lipinski definition) is 5. The summed E-state index contributed by atoms with van der Waals surface area (Å²) >= 11 is 0. The summed E-state index contributed by atoms with van der Waals surface area (Å²) in [4.78, 5) is 56.3. The van der Waals surface area contributed by atoms with E-state index >= 15 is 0 Å². The van der Waals surface area contributed by atoms with Gasteiger partial charge in [0.25, 0.3) is 5.56 Å². The molecule has 42 heavy (non-hydrogen) atoms. The second kappa shape index (κ2) is 14.4. The fraction of sp³-hybridized carbons (Fsp3) is 0.310. The van der Waals surface area contributed by atoms with Gasteiger partial charge in [-0.3, -0.25) is 28.5 Å². The number of H-pyrrole nitrogens is 1. The Morgan fingerprint density at radius 1 is 1.10 bits per heavy atom. The molecule has 0 spiro atoms. The molecule has 2 aromatic heterocycles. The highest BCUT2D eigenvalue weighted by Crippen LogP contribution is 2.17. The molecule has 3 aromatic rings. The molecule has 0 aliphatic rings. The maximum Gasteiger partial charge on any atom is 0.439 e. The monoisotopic (exact) mass is 576 g/mol. The third-order valence-corrected chi connectivity index (χ3v) is 5.73. The zero-order chi connectivity index (χ0) is 30.8. The number of rotatable bonds is 12. The Kier molecular flexibility index (Phi) is 10.8. The topological polar surface area (TPSA) is 190 Å². The molecule has 0 aliphatic carbocycles. The Morgan fingerprint density at radius 2 is 1.81 bits per heavy atom. The van der Waals surface area contributed by atoms with Gasteiger partial charge in [-0.1, -0.05) is 35.5 Å². The second-order valence-electron chi connectivity index (χ2n) is 9.98. The van der Waals surface area contributed by atoms with E-state index in [1.807, 2.05) is 27.7 Å². The molecular weight excluding hydrogens is 540 g/mol. The lowest BCUT2D eigenvalue weighted by molar-refractivity contribution is -0.122. The van der Waals surface area contributed by atoms with Crippen molar-refractivity contribution in [3.05, 3.63) is 92.6 Å². The molecule has 0 radical (unpaired) electrons.